The van der Waals surface area contributed by atoms with E-state index in [0.717, 1.165) is 29.7 Å². The van der Waals surface area contributed by atoms with E-state index in [1.165, 1.54) is 11.1 Å². The summed E-state index contributed by atoms with van der Waals surface area (Å²) in [5.41, 5.74) is 4.27. The van der Waals surface area contributed by atoms with Gasteiger partial charge in [-0.2, -0.15) is 0 Å². The maximum Gasteiger partial charge on any atom is 0.251 e. The summed E-state index contributed by atoms with van der Waals surface area (Å²) >= 11 is 0. The largest absolute Gasteiger partial charge is 0.491 e. The Morgan fingerprint density at radius 3 is 2.32 bits per heavy atom. The van der Waals surface area contributed by atoms with Crippen molar-refractivity contribution in [2.24, 2.45) is 0 Å². The fraction of sp³-hybridized carbons (Fsp3) is 0.240. The van der Waals surface area contributed by atoms with E-state index in [4.69, 9.17) is 4.74 Å². The molecule has 0 spiro atoms. The molecule has 3 rings (SSSR count). The van der Waals surface area contributed by atoms with Crippen LogP contribution in [0.1, 0.15) is 34.0 Å². The van der Waals surface area contributed by atoms with Gasteiger partial charge in [-0.05, 0) is 56.0 Å². The SMILES string of the molecule is Cc1ccc(OC[C@@H](C)NC(=O)c2ccccc2CCc2ccccc2)cc1. The number of hydrogen-bond acceptors (Lipinski definition) is 2. The highest BCUT2D eigenvalue weighted by atomic mass is 16.5. The van der Waals surface area contributed by atoms with Crippen LogP contribution in [0.15, 0.2) is 78.9 Å². The molecule has 0 aliphatic heterocycles. The van der Waals surface area contributed by atoms with Crippen molar-refractivity contribution in [1.82, 2.24) is 5.32 Å². The van der Waals surface area contributed by atoms with Crippen molar-refractivity contribution >= 4 is 5.91 Å². The lowest BCUT2D eigenvalue weighted by Gasteiger charge is -2.17. The zero-order valence-electron chi connectivity index (χ0n) is 16.5. The summed E-state index contributed by atoms with van der Waals surface area (Å²) in [6, 6.07) is 26.0. The van der Waals surface area contributed by atoms with E-state index in [1.54, 1.807) is 0 Å². The summed E-state index contributed by atoms with van der Waals surface area (Å²) in [7, 11) is 0. The average Bonchev–Trinajstić information content (AvgIpc) is 2.73. The highest BCUT2D eigenvalue weighted by Gasteiger charge is 2.14. The van der Waals surface area contributed by atoms with Crippen LogP contribution in [0.2, 0.25) is 0 Å². The Morgan fingerprint density at radius 2 is 1.57 bits per heavy atom. The van der Waals surface area contributed by atoms with E-state index >= 15 is 0 Å². The molecule has 0 aromatic heterocycles. The molecular weight excluding hydrogens is 346 g/mol. The van der Waals surface area contributed by atoms with Crippen molar-refractivity contribution in [1.29, 1.82) is 0 Å². The number of carbonyl (C=O) groups excluding carboxylic acids is 1. The maximum absolute atomic E-state index is 12.8. The van der Waals surface area contributed by atoms with E-state index in [-0.39, 0.29) is 11.9 Å². The topological polar surface area (TPSA) is 38.3 Å². The van der Waals surface area contributed by atoms with Gasteiger partial charge < -0.3 is 10.1 Å². The van der Waals surface area contributed by atoms with Crippen molar-refractivity contribution in [2.45, 2.75) is 32.7 Å². The third kappa shape index (κ3) is 5.71. The van der Waals surface area contributed by atoms with Gasteiger partial charge in [-0.25, -0.2) is 0 Å². The van der Waals surface area contributed by atoms with E-state index in [1.807, 2.05) is 80.6 Å². The standard InChI is InChI=1S/C25H27NO2/c1-19-12-16-23(17-13-19)28-18-20(2)26-25(27)24-11-7-6-10-22(24)15-14-21-8-4-3-5-9-21/h3-13,16-17,20H,14-15,18H2,1-2H3,(H,26,27)/t20-/m1/s1. The van der Waals surface area contributed by atoms with Gasteiger partial charge in [-0.1, -0.05) is 66.2 Å². The molecule has 0 saturated carbocycles. The Kier molecular flexibility index (Phi) is 6.85. The predicted octanol–water partition coefficient (Wildman–Crippen LogP) is 4.98. The Labute approximate surface area is 167 Å². The number of aryl methyl sites for hydroxylation is 3. The van der Waals surface area contributed by atoms with E-state index in [9.17, 15) is 4.79 Å². The van der Waals surface area contributed by atoms with Crippen LogP contribution in [0.4, 0.5) is 0 Å². The van der Waals surface area contributed by atoms with Crippen LogP contribution in [0.5, 0.6) is 5.75 Å². The van der Waals surface area contributed by atoms with Gasteiger partial charge in [0.1, 0.15) is 12.4 Å². The minimum Gasteiger partial charge on any atom is -0.491 e. The van der Waals surface area contributed by atoms with Crippen LogP contribution < -0.4 is 10.1 Å². The molecule has 144 valence electrons. The molecule has 0 bridgehead atoms. The second-order valence-electron chi connectivity index (χ2n) is 7.14. The molecule has 28 heavy (non-hydrogen) atoms. The summed E-state index contributed by atoms with van der Waals surface area (Å²) in [5.74, 6) is 0.763. The zero-order valence-corrected chi connectivity index (χ0v) is 16.5. The van der Waals surface area contributed by atoms with Crippen molar-refractivity contribution in [3.05, 3.63) is 101 Å². The van der Waals surface area contributed by atoms with E-state index in [0.29, 0.717) is 6.61 Å². The Morgan fingerprint density at radius 1 is 0.893 bits per heavy atom. The van der Waals surface area contributed by atoms with Crippen LogP contribution in [0.25, 0.3) is 0 Å². The third-order valence-electron chi connectivity index (χ3n) is 4.69. The number of amides is 1. The Hall–Kier alpha value is -3.07. The number of nitrogens with one attached hydrogen (secondary N) is 1. The molecule has 3 nitrogen and oxygen atoms in total. The summed E-state index contributed by atoms with van der Waals surface area (Å²) in [4.78, 5) is 12.8. The number of carbonyl (C=O) groups is 1. The summed E-state index contributed by atoms with van der Waals surface area (Å²) < 4.78 is 5.78. The van der Waals surface area contributed by atoms with Gasteiger partial charge in [0.2, 0.25) is 0 Å². The van der Waals surface area contributed by atoms with Gasteiger partial charge in [0.25, 0.3) is 5.91 Å². The van der Waals surface area contributed by atoms with Crippen molar-refractivity contribution in [3.8, 4) is 5.75 Å². The highest BCUT2D eigenvalue weighted by molar-refractivity contribution is 5.95. The normalized spacial score (nSPS) is 11.6. The van der Waals surface area contributed by atoms with Crippen LogP contribution in [-0.4, -0.2) is 18.6 Å². The van der Waals surface area contributed by atoms with Gasteiger partial charge in [0.15, 0.2) is 0 Å². The lowest BCUT2D eigenvalue weighted by atomic mass is 9.99. The smallest absolute Gasteiger partial charge is 0.251 e. The summed E-state index contributed by atoms with van der Waals surface area (Å²) in [5, 5.41) is 3.05. The van der Waals surface area contributed by atoms with Gasteiger partial charge in [0, 0.05) is 5.56 Å². The van der Waals surface area contributed by atoms with Gasteiger partial charge in [-0.3, -0.25) is 4.79 Å². The average molecular weight is 373 g/mol. The minimum absolute atomic E-state index is 0.0522. The van der Waals surface area contributed by atoms with Gasteiger partial charge in [-0.15, -0.1) is 0 Å². The maximum atomic E-state index is 12.8. The first-order chi connectivity index (χ1) is 13.6. The van der Waals surface area contributed by atoms with Crippen LogP contribution in [0.3, 0.4) is 0 Å². The molecule has 0 radical (unpaired) electrons. The number of hydrogen-bond donors (Lipinski definition) is 1. The molecule has 1 amide bonds. The molecule has 3 heteroatoms. The second kappa shape index (κ2) is 9.75. The van der Waals surface area contributed by atoms with E-state index < -0.39 is 0 Å². The second-order valence-corrected chi connectivity index (χ2v) is 7.14. The fourth-order valence-corrected chi connectivity index (χ4v) is 3.08. The first-order valence-corrected chi connectivity index (χ1v) is 9.74. The predicted molar refractivity (Wildman–Crippen MR) is 114 cm³/mol. The van der Waals surface area contributed by atoms with Crippen molar-refractivity contribution < 1.29 is 9.53 Å². The van der Waals surface area contributed by atoms with Crippen LogP contribution >= 0.6 is 0 Å². The number of ether oxygens (including phenoxy) is 1. The number of rotatable bonds is 8. The lowest BCUT2D eigenvalue weighted by molar-refractivity contribution is 0.0925. The molecule has 1 N–H and O–H groups in total. The van der Waals surface area contributed by atoms with Crippen molar-refractivity contribution in [3.63, 3.8) is 0 Å². The molecule has 3 aromatic carbocycles. The fourth-order valence-electron chi connectivity index (χ4n) is 3.08. The Balaban J connectivity index is 1.56. The molecule has 0 fully saturated rings. The molecule has 3 aromatic rings. The third-order valence-corrected chi connectivity index (χ3v) is 4.69. The lowest BCUT2D eigenvalue weighted by Crippen LogP contribution is -2.37. The Bertz CT molecular complexity index is 888. The summed E-state index contributed by atoms with van der Waals surface area (Å²) in [6.45, 7) is 4.43. The molecule has 0 unspecified atom stereocenters. The molecule has 0 heterocycles. The van der Waals surface area contributed by atoms with Crippen molar-refractivity contribution in [2.75, 3.05) is 6.61 Å². The molecule has 0 aliphatic rings. The van der Waals surface area contributed by atoms with Crippen LogP contribution in [0, 0.1) is 6.92 Å². The molecule has 0 saturated heterocycles. The zero-order chi connectivity index (χ0) is 19.8. The molecule has 1 atom stereocenters. The van der Waals surface area contributed by atoms with Gasteiger partial charge >= 0.3 is 0 Å². The first kappa shape index (κ1) is 19.7. The van der Waals surface area contributed by atoms with E-state index in [2.05, 4.69) is 17.4 Å². The molecule has 0 aliphatic carbocycles. The van der Waals surface area contributed by atoms with Gasteiger partial charge in [0.05, 0.1) is 6.04 Å². The monoisotopic (exact) mass is 373 g/mol. The first-order valence-electron chi connectivity index (χ1n) is 9.74. The highest BCUT2D eigenvalue weighted by Crippen LogP contribution is 2.14. The summed E-state index contributed by atoms with van der Waals surface area (Å²) in [6.07, 6.45) is 1.75. The molecular formula is C25H27NO2. The minimum atomic E-state index is -0.0871. The number of benzene rings is 3. The van der Waals surface area contributed by atoms with Crippen LogP contribution in [-0.2, 0) is 12.8 Å². The quantitative estimate of drug-likeness (QED) is 0.605.